The number of aromatic nitrogens is 2. The molecule has 0 bridgehead atoms. The van der Waals surface area contributed by atoms with Crippen molar-refractivity contribution in [2.45, 2.75) is 20.0 Å². The molecule has 0 radical (unpaired) electrons. The Kier molecular flexibility index (Phi) is 3.77. The van der Waals surface area contributed by atoms with Crippen LogP contribution in [-0.4, -0.2) is 21.4 Å². The average molecular weight is 231 g/mol. The molecular weight excluding hydrogens is 214 g/mol. The number of aromatic hydroxyl groups is 1. The normalized spacial score (nSPS) is 10.6. The van der Waals surface area contributed by atoms with Crippen molar-refractivity contribution in [3.05, 3.63) is 47.8 Å². The van der Waals surface area contributed by atoms with Crippen LogP contribution in [0.5, 0.6) is 5.75 Å². The molecule has 4 heteroatoms. The molecule has 1 heterocycles. The minimum atomic E-state index is 0.294. The van der Waals surface area contributed by atoms with Gasteiger partial charge in [0.05, 0.1) is 12.2 Å². The van der Waals surface area contributed by atoms with Gasteiger partial charge in [-0.05, 0) is 30.3 Å². The molecule has 0 aliphatic carbocycles. The Labute approximate surface area is 101 Å². The fraction of sp³-hybridized carbons (Fsp3) is 0.308. The van der Waals surface area contributed by atoms with Crippen LogP contribution in [0.2, 0.25) is 0 Å². The highest BCUT2D eigenvalue weighted by Gasteiger charge is 1.99. The lowest BCUT2D eigenvalue weighted by Gasteiger charge is -2.02. The third-order valence-corrected chi connectivity index (χ3v) is 2.53. The van der Waals surface area contributed by atoms with Gasteiger partial charge in [0, 0.05) is 12.7 Å². The Hall–Kier alpha value is -1.81. The summed E-state index contributed by atoms with van der Waals surface area (Å²) in [6, 6.07) is 9.21. The summed E-state index contributed by atoms with van der Waals surface area (Å²) in [4.78, 5) is 0. The molecule has 0 aliphatic rings. The van der Waals surface area contributed by atoms with Crippen LogP contribution in [0.4, 0.5) is 0 Å². The van der Waals surface area contributed by atoms with Crippen molar-refractivity contribution in [2.75, 3.05) is 6.54 Å². The second-order valence-electron chi connectivity index (χ2n) is 3.95. The maximum absolute atomic E-state index is 9.19. The van der Waals surface area contributed by atoms with Crippen LogP contribution in [0.15, 0.2) is 36.5 Å². The SMILES string of the molecule is CCNCc1ccn(Cc2ccc(O)cc2)n1. The summed E-state index contributed by atoms with van der Waals surface area (Å²) in [6.07, 6.45) is 1.97. The molecular formula is C13H17N3O. The van der Waals surface area contributed by atoms with E-state index in [-0.39, 0.29) is 0 Å². The van der Waals surface area contributed by atoms with Gasteiger partial charge in [0.15, 0.2) is 0 Å². The third-order valence-electron chi connectivity index (χ3n) is 2.53. The summed E-state index contributed by atoms with van der Waals surface area (Å²) in [6.45, 7) is 4.56. The predicted octanol–water partition coefficient (Wildman–Crippen LogP) is 1.75. The van der Waals surface area contributed by atoms with E-state index < -0.39 is 0 Å². The van der Waals surface area contributed by atoms with E-state index in [9.17, 15) is 5.11 Å². The maximum Gasteiger partial charge on any atom is 0.115 e. The first-order valence-corrected chi connectivity index (χ1v) is 5.79. The molecule has 0 spiro atoms. The lowest BCUT2D eigenvalue weighted by Crippen LogP contribution is -2.12. The van der Waals surface area contributed by atoms with Crippen LogP contribution >= 0.6 is 0 Å². The minimum Gasteiger partial charge on any atom is -0.508 e. The molecule has 2 aromatic rings. The summed E-state index contributed by atoms with van der Waals surface area (Å²) in [5, 5.41) is 16.9. The van der Waals surface area contributed by atoms with Crippen LogP contribution in [-0.2, 0) is 13.1 Å². The Morgan fingerprint density at radius 1 is 1.24 bits per heavy atom. The fourth-order valence-electron chi connectivity index (χ4n) is 1.63. The zero-order valence-corrected chi connectivity index (χ0v) is 9.93. The number of hydrogen-bond acceptors (Lipinski definition) is 3. The molecule has 4 nitrogen and oxygen atoms in total. The number of benzene rings is 1. The number of phenols is 1. The molecule has 0 unspecified atom stereocenters. The quantitative estimate of drug-likeness (QED) is 0.824. The van der Waals surface area contributed by atoms with E-state index in [0.717, 1.165) is 30.9 Å². The third kappa shape index (κ3) is 3.32. The van der Waals surface area contributed by atoms with Crippen LogP contribution < -0.4 is 5.32 Å². The highest BCUT2D eigenvalue weighted by molar-refractivity contribution is 5.25. The standard InChI is InChI=1S/C13H17N3O/c1-2-14-9-12-7-8-16(15-12)10-11-3-5-13(17)6-4-11/h3-8,14,17H,2,9-10H2,1H3. The van der Waals surface area contributed by atoms with Gasteiger partial charge in [-0.25, -0.2) is 0 Å². The molecule has 17 heavy (non-hydrogen) atoms. The summed E-state index contributed by atoms with van der Waals surface area (Å²) >= 11 is 0. The minimum absolute atomic E-state index is 0.294. The van der Waals surface area contributed by atoms with Gasteiger partial charge in [-0.15, -0.1) is 0 Å². The molecule has 0 saturated heterocycles. The van der Waals surface area contributed by atoms with E-state index in [0.29, 0.717) is 5.75 Å². The first-order valence-electron chi connectivity index (χ1n) is 5.79. The highest BCUT2D eigenvalue weighted by Crippen LogP contribution is 2.10. The van der Waals surface area contributed by atoms with Crippen molar-refractivity contribution in [1.29, 1.82) is 0 Å². The molecule has 0 aliphatic heterocycles. The predicted molar refractivity (Wildman–Crippen MR) is 66.8 cm³/mol. The van der Waals surface area contributed by atoms with Gasteiger partial charge >= 0.3 is 0 Å². The lowest BCUT2D eigenvalue weighted by atomic mass is 10.2. The summed E-state index contributed by atoms with van der Waals surface area (Å²) < 4.78 is 1.90. The lowest BCUT2D eigenvalue weighted by molar-refractivity contribution is 0.475. The van der Waals surface area contributed by atoms with E-state index in [1.165, 1.54) is 0 Å². The summed E-state index contributed by atoms with van der Waals surface area (Å²) in [7, 11) is 0. The zero-order valence-electron chi connectivity index (χ0n) is 9.93. The van der Waals surface area contributed by atoms with Crippen LogP contribution in [0.25, 0.3) is 0 Å². The molecule has 0 saturated carbocycles. The second kappa shape index (κ2) is 5.50. The first-order chi connectivity index (χ1) is 8.28. The average Bonchev–Trinajstić information content (AvgIpc) is 2.77. The molecule has 0 amide bonds. The van der Waals surface area contributed by atoms with E-state index >= 15 is 0 Å². The van der Waals surface area contributed by atoms with E-state index in [1.54, 1.807) is 12.1 Å². The number of hydrogen-bond donors (Lipinski definition) is 2. The topological polar surface area (TPSA) is 50.1 Å². The van der Waals surface area contributed by atoms with Crippen molar-refractivity contribution in [3.63, 3.8) is 0 Å². The van der Waals surface area contributed by atoms with Crippen molar-refractivity contribution in [3.8, 4) is 5.75 Å². The monoisotopic (exact) mass is 231 g/mol. The molecule has 1 aromatic carbocycles. The molecule has 2 rings (SSSR count). The number of rotatable bonds is 5. The second-order valence-corrected chi connectivity index (χ2v) is 3.95. The van der Waals surface area contributed by atoms with Crippen LogP contribution in [0, 0.1) is 0 Å². The van der Waals surface area contributed by atoms with Gasteiger partial charge in [-0.2, -0.15) is 5.10 Å². The maximum atomic E-state index is 9.19. The largest absolute Gasteiger partial charge is 0.508 e. The first kappa shape index (κ1) is 11.7. The molecule has 1 aromatic heterocycles. The Bertz CT molecular complexity index is 462. The van der Waals surface area contributed by atoms with Gasteiger partial charge < -0.3 is 10.4 Å². The van der Waals surface area contributed by atoms with Crippen LogP contribution in [0.3, 0.4) is 0 Å². The number of nitrogens with one attached hydrogen (secondary N) is 1. The smallest absolute Gasteiger partial charge is 0.115 e. The summed E-state index contributed by atoms with van der Waals surface area (Å²) in [5.74, 6) is 0.294. The Balaban J connectivity index is 1.98. The zero-order chi connectivity index (χ0) is 12.1. The van der Waals surface area contributed by atoms with Gasteiger partial charge in [-0.3, -0.25) is 4.68 Å². The molecule has 0 atom stereocenters. The van der Waals surface area contributed by atoms with Crippen molar-refractivity contribution in [1.82, 2.24) is 15.1 Å². The van der Waals surface area contributed by atoms with E-state index in [4.69, 9.17) is 0 Å². The summed E-state index contributed by atoms with van der Waals surface area (Å²) in [5.41, 5.74) is 2.17. The van der Waals surface area contributed by atoms with Gasteiger partial charge in [0.1, 0.15) is 5.75 Å². The Morgan fingerprint density at radius 3 is 2.71 bits per heavy atom. The van der Waals surface area contributed by atoms with Gasteiger partial charge in [-0.1, -0.05) is 19.1 Å². The van der Waals surface area contributed by atoms with Crippen molar-refractivity contribution >= 4 is 0 Å². The van der Waals surface area contributed by atoms with Crippen molar-refractivity contribution in [2.24, 2.45) is 0 Å². The Morgan fingerprint density at radius 2 is 2.00 bits per heavy atom. The van der Waals surface area contributed by atoms with Gasteiger partial charge in [0.2, 0.25) is 0 Å². The van der Waals surface area contributed by atoms with Crippen LogP contribution in [0.1, 0.15) is 18.2 Å². The molecule has 90 valence electrons. The van der Waals surface area contributed by atoms with Gasteiger partial charge in [0.25, 0.3) is 0 Å². The van der Waals surface area contributed by atoms with Crippen molar-refractivity contribution < 1.29 is 5.11 Å². The molecule has 0 fully saturated rings. The number of phenolic OH excluding ortho intramolecular Hbond substituents is 1. The highest BCUT2D eigenvalue weighted by atomic mass is 16.3. The fourth-order valence-corrected chi connectivity index (χ4v) is 1.63. The van der Waals surface area contributed by atoms with E-state index in [1.807, 2.05) is 29.1 Å². The van der Waals surface area contributed by atoms with E-state index in [2.05, 4.69) is 17.3 Å². The number of nitrogens with zero attached hydrogens (tertiary/aromatic N) is 2. The molecule has 2 N–H and O–H groups in total.